The maximum absolute atomic E-state index is 14.8. The average Bonchev–Trinajstić information content (AvgIpc) is 2.82. The molecule has 0 bridgehead atoms. The van der Waals surface area contributed by atoms with Crippen LogP contribution in [0.4, 0.5) is 13.2 Å². The molecule has 166 valence electrons. The van der Waals surface area contributed by atoms with Crippen LogP contribution in [0.2, 0.25) is 0 Å². The van der Waals surface area contributed by atoms with Gasteiger partial charge in [-0.1, -0.05) is 60.7 Å². The lowest BCUT2D eigenvalue weighted by atomic mass is 9.98. The van der Waals surface area contributed by atoms with Crippen LogP contribution in [0.15, 0.2) is 72.8 Å². The summed E-state index contributed by atoms with van der Waals surface area (Å²) >= 11 is 0. The van der Waals surface area contributed by atoms with Crippen molar-refractivity contribution >= 4 is 0 Å². The Hall–Kier alpha value is -2.89. The van der Waals surface area contributed by atoms with Gasteiger partial charge in [-0.05, 0) is 48.6 Å². The summed E-state index contributed by atoms with van der Waals surface area (Å²) in [5.74, 6) is -1.86. The van der Waals surface area contributed by atoms with Gasteiger partial charge in [-0.2, -0.15) is 0 Å². The van der Waals surface area contributed by atoms with E-state index in [1.807, 2.05) is 13.0 Å². The SMILES string of the molecule is C/C=C/CCC1COC(c2ccc(-c3ccc(-c4cccc(F)c4F)cc3)cc2F)OC1. The Morgan fingerprint density at radius 1 is 0.844 bits per heavy atom. The maximum atomic E-state index is 14.8. The molecule has 3 aromatic rings. The molecule has 0 unspecified atom stereocenters. The third-order valence-corrected chi connectivity index (χ3v) is 5.68. The Morgan fingerprint density at radius 3 is 2.22 bits per heavy atom. The zero-order valence-electron chi connectivity index (χ0n) is 17.9. The van der Waals surface area contributed by atoms with Crippen LogP contribution in [-0.4, -0.2) is 13.2 Å². The van der Waals surface area contributed by atoms with Crippen molar-refractivity contribution in [2.45, 2.75) is 26.1 Å². The second-order valence-electron chi connectivity index (χ2n) is 7.93. The molecule has 1 aliphatic rings. The van der Waals surface area contributed by atoms with Crippen LogP contribution in [0.1, 0.15) is 31.6 Å². The van der Waals surface area contributed by atoms with Crippen molar-refractivity contribution < 1.29 is 22.6 Å². The van der Waals surface area contributed by atoms with Crippen molar-refractivity contribution in [1.29, 1.82) is 0 Å². The molecule has 1 fully saturated rings. The van der Waals surface area contributed by atoms with E-state index in [0.717, 1.165) is 24.5 Å². The Kier molecular flexibility index (Phi) is 7.08. The van der Waals surface area contributed by atoms with E-state index in [-0.39, 0.29) is 5.56 Å². The molecular formula is C27H25F3O2. The molecule has 4 rings (SSSR count). The molecule has 0 N–H and O–H groups in total. The number of ether oxygens (including phenoxy) is 2. The topological polar surface area (TPSA) is 18.5 Å². The van der Waals surface area contributed by atoms with E-state index >= 15 is 0 Å². The molecule has 2 nitrogen and oxygen atoms in total. The Bertz CT molecular complexity index is 1080. The molecule has 1 heterocycles. The minimum Gasteiger partial charge on any atom is -0.348 e. The van der Waals surface area contributed by atoms with E-state index in [2.05, 4.69) is 6.08 Å². The van der Waals surface area contributed by atoms with Crippen LogP contribution in [0.5, 0.6) is 0 Å². The summed E-state index contributed by atoms with van der Waals surface area (Å²) in [5, 5.41) is 0. The lowest BCUT2D eigenvalue weighted by Gasteiger charge is -2.29. The molecule has 5 heteroatoms. The van der Waals surface area contributed by atoms with Crippen molar-refractivity contribution in [2.24, 2.45) is 5.92 Å². The Balaban J connectivity index is 1.45. The summed E-state index contributed by atoms with van der Waals surface area (Å²) in [6, 6.07) is 15.9. The van der Waals surface area contributed by atoms with E-state index in [1.54, 1.807) is 36.4 Å². The number of allylic oxidation sites excluding steroid dienone is 2. The molecule has 0 saturated carbocycles. The van der Waals surface area contributed by atoms with Crippen LogP contribution in [0.3, 0.4) is 0 Å². The normalized spacial score (nSPS) is 18.9. The van der Waals surface area contributed by atoms with E-state index in [0.29, 0.717) is 35.8 Å². The molecule has 0 atom stereocenters. The van der Waals surface area contributed by atoms with Crippen molar-refractivity contribution in [3.05, 3.63) is 95.8 Å². The van der Waals surface area contributed by atoms with Crippen LogP contribution in [0.25, 0.3) is 22.3 Å². The van der Waals surface area contributed by atoms with E-state index < -0.39 is 23.7 Å². The Labute approximate surface area is 186 Å². The highest BCUT2D eigenvalue weighted by Crippen LogP contribution is 2.32. The molecule has 3 aromatic carbocycles. The number of benzene rings is 3. The summed E-state index contributed by atoms with van der Waals surface area (Å²) in [4.78, 5) is 0. The highest BCUT2D eigenvalue weighted by molar-refractivity contribution is 5.71. The summed E-state index contributed by atoms with van der Waals surface area (Å²) in [5.41, 5.74) is 2.56. The van der Waals surface area contributed by atoms with Crippen LogP contribution < -0.4 is 0 Å². The van der Waals surface area contributed by atoms with Gasteiger partial charge in [0.05, 0.1) is 13.2 Å². The van der Waals surface area contributed by atoms with Crippen molar-refractivity contribution in [3.63, 3.8) is 0 Å². The fourth-order valence-electron chi connectivity index (χ4n) is 3.85. The average molecular weight is 438 g/mol. The molecule has 0 aliphatic carbocycles. The zero-order valence-corrected chi connectivity index (χ0v) is 17.9. The fraction of sp³-hybridized carbons (Fsp3) is 0.259. The fourth-order valence-corrected chi connectivity index (χ4v) is 3.85. The number of rotatable bonds is 6. The van der Waals surface area contributed by atoms with Gasteiger partial charge in [-0.3, -0.25) is 0 Å². The molecule has 0 amide bonds. The lowest BCUT2D eigenvalue weighted by molar-refractivity contribution is -0.207. The standard InChI is InChI=1S/C27H25F3O2/c1-2-3-4-6-18-16-31-27(32-17-18)23-14-13-21(15-25(23)29)19-9-11-20(12-10-19)22-7-5-8-24(28)26(22)30/h2-3,5,7-15,18,27H,4,6,16-17H2,1H3/b3-2+. The largest absolute Gasteiger partial charge is 0.348 e. The maximum Gasteiger partial charge on any atom is 0.186 e. The van der Waals surface area contributed by atoms with E-state index in [4.69, 9.17) is 9.47 Å². The zero-order chi connectivity index (χ0) is 22.5. The lowest BCUT2D eigenvalue weighted by Crippen LogP contribution is -2.27. The van der Waals surface area contributed by atoms with Gasteiger partial charge in [0, 0.05) is 17.0 Å². The van der Waals surface area contributed by atoms with Crippen LogP contribution >= 0.6 is 0 Å². The predicted molar refractivity (Wildman–Crippen MR) is 119 cm³/mol. The van der Waals surface area contributed by atoms with Gasteiger partial charge in [0.15, 0.2) is 17.9 Å². The minimum absolute atomic E-state index is 0.189. The Morgan fingerprint density at radius 2 is 1.53 bits per heavy atom. The first kappa shape index (κ1) is 22.3. The van der Waals surface area contributed by atoms with Gasteiger partial charge in [-0.15, -0.1) is 0 Å². The van der Waals surface area contributed by atoms with Crippen molar-refractivity contribution in [1.82, 2.24) is 0 Å². The first-order valence-electron chi connectivity index (χ1n) is 10.8. The summed E-state index contributed by atoms with van der Waals surface area (Å²) in [6.45, 7) is 3.08. The van der Waals surface area contributed by atoms with Crippen molar-refractivity contribution in [3.8, 4) is 22.3 Å². The van der Waals surface area contributed by atoms with Gasteiger partial charge in [-0.25, -0.2) is 13.2 Å². The second-order valence-corrected chi connectivity index (χ2v) is 7.93. The summed E-state index contributed by atoms with van der Waals surface area (Å²) in [7, 11) is 0. The molecular weight excluding hydrogens is 413 g/mol. The first-order chi connectivity index (χ1) is 15.6. The second kappa shape index (κ2) is 10.2. The van der Waals surface area contributed by atoms with E-state index in [1.165, 1.54) is 18.2 Å². The molecule has 1 saturated heterocycles. The van der Waals surface area contributed by atoms with Crippen LogP contribution in [-0.2, 0) is 9.47 Å². The number of halogens is 3. The van der Waals surface area contributed by atoms with Gasteiger partial charge >= 0.3 is 0 Å². The first-order valence-corrected chi connectivity index (χ1v) is 10.8. The highest BCUT2D eigenvalue weighted by atomic mass is 19.2. The molecule has 0 radical (unpaired) electrons. The predicted octanol–water partition coefficient (Wildman–Crippen LogP) is 7.46. The summed E-state index contributed by atoms with van der Waals surface area (Å²) < 4.78 is 53.9. The molecule has 1 aliphatic heterocycles. The monoisotopic (exact) mass is 438 g/mol. The third-order valence-electron chi connectivity index (χ3n) is 5.68. The summed E-state index contributed by atoms with van der Waals surface area (Å²) in [6.07, 6.45) is 5.39. The van der Waals surface area contributed by atoms with Gasteiger partial charge < -0.3 is 9.47 Å². The van der Waals surface area contributed by atoms with Gasteiger partial charge in [0.2, 0.25) is 0 Å². The number of hydrogen-bond donors (Lipinski definition) is 0. The highest BCUT2D eigenvalue weighted by Gasteiger charge is 2.25. The molecule has 0 aromatic heterocycles. The quantitative estimate of drug-likeness (QED) is 0.372. The van der Waals surface area contributed by atoms with Crippen LogP contribution in [0, 0.1) is 23.4 Å². The third kappa shape index (κ3) is 4.95. The van der Waals surface area contributed by atoms with Crippen molar-refractivity contribution in [2.75, 3.05) is 13.2 Å². The molecule has 0 spiro atoms. The smallest absolute Gasteiger partial charge is 0.186 e. The van der Waals surface area contributed by atoms with Gasteiger partial charge in [0.1, 0.15) is 5.82 Å². The van der Waals surface area contributed by atoms with Gasteiger partial charge in [0.25, 0.3) is 0 Å². The molecule has 32 heavy (non-hydrogen) atoms. The number of hydrogen-bond acceptors (Lipinski definition) is 2. The minimum atomic E-state index is -0.888. The van der Waals surface area contributed by atoms with E-state index in [9.17, 15) is 13.2 Å².